The standard InChI is InChI=1S/C19H16N4OS/c1-13(17-21-18(24)16-7-8-25-19(16)22-17)9-15-10-20-23(12-15)11-14-5-3-2-4-6-14/h2-10,12H,11H2,1H3,(H,21,22,24)/b13-9-. The van der Waals surface area contributed by atoms with Gasteiger partial charge < -0.3 is 4.98 Å². The van der Waals surface area contributed by atoms with E-state index in [9.17, 15) is 4.79 Å². The van der Waals surface area contributed by atoms with E-state index in [0.717, 1.165) is 22.5 Å². The van der Waals surface area contributed by atoms with Crippen LogP contribution < -0.4 is 5.56 Å². The van der Waals surface area contributed by atoms with Gasteiger partial charge in [0.15, 0.2) is 0 Å². The number of hydrogen-bond donors (Lipinski definition) is 1. The number of rotatable bonds is 4. The van der Waals surface area contributed by atoms with Crippen LogP contribution in [0.5, 0.6) is 0 Å². The summed E-state index contributed by atoms with van der Waals surface area (Å²) in [6, 6.07) is 12.0. The van der Waals surface area contributed by atoms with Crippen LogP contribution in [0.25, 0.3) is 21.9 Å². The molecule has 124 valence electrons. The van der Waals surface area contributed by atoms with Gasteiger partial charge in [-0.25, -0.2) is 4.98 Å². The molecule has 0 saturated carbocycles. The van der Waals surface area contributed by atoms with Crippen LogP contribution in [0.3, 0.4) is 0 Å². The number of nitrogens with zero attached hydrogens (tertiary/aromatic N) is 3. The van der Waals surface area contributed by atoms with Gasteiger partial charge >= 0.3 is 0 Å². The zero-order chi connectivity index (χ0) is 17.2. The molecule has 25 heavy (non-hydrogen) atoms. The average Bonchev–Trinajstić information content (AvgIpc) is 3.25. The molecular formula is C19H16N4OS. The molecule has 0 unspecified atom stereocenters. The van der Waals surface area contributed by atoms with Crippen LogP contribution in [0, 0.1) is 0 Å². The molecule has 0 radical (unpaired) electrons. The first-order valence-corrected chi connectivity index (χ1v) is 8.79. The summed E-state index contributed by atoms with van der Waals surface area (Å²) in [6.07, 6.45) is 5.78. The van der Waals surface area contributed by atoms with E-state index in [4.69, 9.17) is 0 Å². The predicted octanol–water partition coefficient (Wildman–Crippen LogP) is 3.79. The van der Waals surface area contributed by atoms with Crippen molar-refractivity contribution in [3.63, 3.8) is 0 Å². The molecule has 4 rings (SSSR count). The Labute approximate surface area is 148 Å². The number of fused-ring (bicyclic) bond motifs is 1. The van der Waals surface area contributed by atoms with Crippen LogP contribution in [-0.2, 0) is 6.54 Å². The average molecular weight is 348 g/mol. The highest BCUT2D eigenvalue weighted by atomic mass is 32.1. The van der Waals surface area contributed by atoms with Crippen molar-refractivity contribution in [3.05, 3.63) is 81.5 Å². The van der Waals surface area contributed by atoms with Crippen molar-refractivity contribution in [3.8, 4) is 0 Å². The van der Waals surface area contributed by atoms with Crippen molar-refractivity contribution >= 4 is 33.2 Å². The quantitative estimate of drug-likeness (QED) is 0.610. The molecule has 0 fully saturated rings. The SMILES string of the molecule is C/C(=C/c1cnn(Cc2ccccc2)c1)c1nc2sccc2c(=O)[nH]1. The molecule has 0 bridgehead atoms. The van der Waals surface area contributed by atoms with Crippen molar-refractivity contribution < 1.29 is 0 Å². The number of benzene rings is 1. The molecule has 0 saturated heterocycles. The highest BCUT2D eigenvalue weighted by molar-refractivity contribution is 7.16. The third kappa shape index (κ3) is 3.29. The summed E-state index contributed by atoms with van der Waals surface area (Å²) in [6.45, 7) is 2.66. The summed E-state index contributed by atoms with van der Waals surface area (Å²) in [5, 5.41) is 6.91. The van der Waals surface area contributed by atoms with Crippen molar-refractivity contribution in [2.75, 3.05) is 0 Å². The van der Waals surface area contributed by atoms with Crippen LogP contribution >= 0.6 is 11.3 Å². The van der Waals surface area contributed by atoms with Crippen molar-refractivity contribution in [2.24, 2.45) is 0 Å². The van der Waals surface area contributed by atoms with E-state index >= 15 is 0 Å². The third-order valence-electron chi connectivity index (χ3n) is 3.93. The minimum Gasteiger partial charge on any atom is -0.306 e. The van der Waals surface area contributed by atoms with E-state index in [1.807, 2.05) is 53.7 Å². The number of H-pyrrole nitrogens is 1. The van der Waals surface area contributed by atoms with Crippen LogP contribution in [0.15, 0.2) is 59.0 Å². The van der Waals surface area contributed by atoms with Crippen molar-refractivity contribution in [2.45, 2.75) is 13.5 Å². The Morgan fingerprint density at radius 1 is 1.28 bits per heavy atom. The number of aromatic amines is 1. The maximum atomic E-state index is 12.1. The lowest BCUT2D eigenvalue weighted by atomic mass is 10.2. The van der Waals surface area contributed by atoms with Gasteiger partial charge in [-0.3, -0.25) is 9.48 Å². The minimum atomic E-state index is -0.103. The molecule has 5 nitrogen and oxygen atoms in total. The monoisotopic (exact) mass is 348 g/mol. The van der Waals surface area contributed by atoms with Crippen molar-refractivity contribution in [1.29, 1.82) is 0 Å². The summed E-state index contributed by atoms with van der Waals surface area (Å²) in [5.41, 5.74) is 2.97. The fourth-order valence-electron chi connectivity index (χ4n) is 2.68. The lowest BCUT2D eigenvalue weighted by molar-refractivity contribution is 0.687. The van der Waals surface area contributed by atoms with Gasteiger partial charge in [-0.1, -0.05) is 30.3 Å². The Kier molecular flexibility index (Phi) is 4.03. The summed E-state index contributed by atoms with van der Waals surface area (Å²) < 4.78 is 1.90. The second kappa shape index (κ2) is 6.49. The minimum absolute atomic E-state index is 0.103. The lowest BCUT2D eigenvalue weighted by Crippen LogP contribution is -2.09. The maximum absolute atomic E-state index is 12.1. The fraction of sp³-hybridized carbons (Fsp3) is 0.105. The molecule has 1 aromatic carbocycles. The molecule has 0 aliphatic rings. The Morgan fingerprint density at radius 3 is 2.96 bits per heavy atom. The number of allylic oxidation sites excluding steroid dienone is 1. The van der Waals surface area contributed by atoms with E-state index in [2.05, 4.69) is 27.2 Å². The molecular weight excluding hydrogens is 332 g/mol. The van der Waals surface area contributed by atoms with Gasteiger partial charge in [0.1, 0.15) is 10.7 Å². The van der Waals surface area contributed by atoms with E-state index in [0.29, 0.717) is 11.2 Å². The number of hydrogen-bond acceptors (Lipinski definition) is 4. The van der Waals surface area contributed by atoms with Gasteiger partial charge in [-0.05, 0) is 35.6 Å². The van der Waals surface area contributed by atoms with Gasteiger partial charge in [-0.15, -0.1) is 11.3 Å². The van der Waals surface area contributed by atoms with Crippen LogP contribution in [0.4, 0.5) is 0 Å². The smallest absolute Gasteiger partial charge is 0.259 e. The topological polar surface area (TPSA) is 63.6 Å². The largest absolute Gasteiger partial charge is 0.306 e. The molecule has 0 spiro atoms. The molecule has 6 heteroatoms. The second-order valence-electron chi connectivity index (χ2n) is 5.84. The van der Waals surface area contributed by atoms with Gasteiger partial charge in [0, 0.05) is 11.8 Å². The van der Waals surface area contributed by atoms with E-state index in [1.54, 1.807) is 6.07 Å². The molecule has 0 aliphatic heterocycles. The molecule has 0 aliphatic carbocycles. The van der Waals surface area contributed by atoms with Crippen LogP contribution in [0.2, 0.25) is 0 Å². The normalized spacial score (nSPS) is 12.0. The van der Waals surface area contributed by atoms with Crippen molar-refractivity contribution in [1.82, 2.24) is 19.7 Å². The first-order valence-electron chi connectivity index (χ1n) is 7.91. The summed E-state index contributed by atoms with van der Waals surface area (Å²) >= 11 is 1.47. The van der Waals surface area contributed by atoms with E-state index in [1.165, 1.54) is 16.9 Å². The first kappa shape index (κ1) is 15.5. The molecule has 1 N–H and O–H groups in total. The summed E-state index contributed by atoms with van der Waals surface area (Å²) in [4.78, 5) is 20.2. The molecule has 4 aromatic rings. The number of nitrogens with one attached hydrogen (secondary N) is 1. The zero-order valence-corrected chi connectivity index (χ0v) is 14.5. The van der Waals surface area contributed by atoms with Crippen LogP contribution in [0.1, 0.15) is 23.9 Å². The molecule has 3 heterocycles. The fourth-order valence-corrected chi connectivity index (χ4v) is 3.45. The Hall–Kier alpha value is -2.99. The highest BCUT2D eigenvalue weighted by Gasteiger charge is 2.07. The Balaban J connectivity index is 1.60. The lowest BCUT2D eigenvalue weighted by Gasteiger charge is -2.01. The molecule has 3 aromatic heterocycles. The third-order valence-corrected chi connectivity index (χ3v) is 4.74. The number of aromatic nitrogens is 4. The highest BCUT2D eigenvalue weighted by Crippen LogP contribution is 2.18. The zero-order valence-electron chi connectivity index (χ0n) is 13.6. The Bertz CT molecular complexity index is 1110. The molecule has 0 atom stereocenters. The predicted molar refractivity (Wildman–Crippen MR) is 102 cm³/mol. The Morgan fingerprint density at radius 2 is 2.12 bits per heavy atom. The van der Waals surface area contributed by atoms with Crippen LogP contribution in [-0.4, -0.2) is 19.7 Å². The summed E-state index contributed by atoms with van der Waals surface area (Å²) in [5.74, 6) is 0.593. The first-order chi connectivity index (χ1) is 12.2. The van der Waals surface area contributed by atoms with Gasteiger partial charge in [0.25, 0.3) is 5.56 Å². The summed E-state index contributed by atoms with van der Waals surface area (Å²) in [7, 11) is 0. The maximum Gasteiger partial charge on any atom is 0.259 e. The second-order valence-corrected chi connectivity index (χ2v) is 6.73. The van der Waals surface area contributed by atoms with E-state index < -0.39 is 0 Å². The van der Waals surface area contributed by atoms with Gasteiger partial charge in [0.2, 0.25) is 0 Å². The number of thiophene rings is 1. The van der Waals surface area contributed by atoms with Gasteiger partial charge in [-0.2, -0.15) is 5.10 Å². The van der Waals surface area contributed by atoms with Gasteiger partial charge in [0.05, 0.1) is 18.1 Å². The molecule has 0 amide bonds. The van der Waals surface area contributed by atoms with E-state index in [-0.39, 0.29) is 5.56 Å².